The van der Waals surface area contributed by atoms with Crippen molar-refractivity contribution in [3.05, 3.63) is 0 Å². The van der Waals surface area contributed by atoms with Gasteiger partial charge in [0, 0.05) is 12.0 Å². The number of rotatable bonds is 0. The molecule has 1 saturated carbocycles. The summed E-state index contributed by atoms with van der Waals surface area (Å²) < 4.78 is 0. The van der Waals surface area contributed by atoms with Crippen molar-refractivity contribution >= 4 is 0 Å². The molecule has 1 aliphatic carbocycles. The van der Waals surface area contributed by atoms with E-state index in [1.165, 1.54) is 12.8 Å². The minimum Gasteiger partial charge on any atom is -0.392 e. The van der Waals surface area contributed by atoms with Crippen LogP contribution in [0.25, 0.3) is 0 Å². The van der Waals surface area contributed by atoms with Gasteiger partial charge in [-0.2, -0.15) is 0 Å². The molecule has 2 aliphatic rings. The van der Waals surface area contributed by atoms with Crippen LogP contribution in [0.15, 0.2) is 0 Å². The van der Waals surface area contributed by atoms with Crippen LogP contribution < -0.4 is 5.32 Å². The maximum Gasteiger partial charge on any atom is 0.0611 e. The van der Waals surface area contributed by atoms with Gasteiger partial charge in [0.25, 0.3) is 0 Å². The zero-order chi connectivity index (χ0) is 12.0. The number of aliphatic hydroxyl groups is 1. The van der Waals surface area contributed by atoms with E-state index in [4.69, 9.17) is 0 Å². The fourth-order valence-electron chi connectivity index (χ4n) is 3.70. The summed E-state index contributed by atoms with van der Waals surface area (Å²) in [7, 11) is 0. The Morgan fingerprint density at radius 1 is 1.25 bits per heavy atom. The van der Waals surface area contributed by atoms with Crippen molar-refractivity contribution < 1.29 is 5.11 Å². The molecular formula is C14H27NO. The Hall–Kier alpha value is -0.0800. The molecule has 0 aromatic heterocycles. The van der Waals surface area contributed by atoms with Gasteiger partial charge in [-0.25, -0.2) is 0 Å². The molecule has 4 atom stereocenters. The van der Waals surface area contributed by atoms with Gasteiger partial charge >= 0.3 is 0 Å². The largest absolute Gasteiger partial charge is 0.392 e. The first-order chi connectivity index (χ1) is 7.36. The van der Waals surface area contributed by atoms with Gasteiger partial charge in [-0.15, -0.1) is 0 Å². The summed E-state index contributed by atoms with van der Waals surface area (Å²) >= 11 is 0. The lowest BCUT2D eigenvalue weighted by molar-refractivity contribution is -0.0614. The second kappa shape index (κ2) is 3.99. The molecule has 0 aromatic rings. The maximum atomic E-state index is 10.4. The van der Waals surface area contributed by atoms with Crippen molar-refractivity contribution in [3.63, 3.8) is 0 Å². The Kier molecular flexibility index (Phi) is 3.09. The zero-order valence-electron chi connectivity index (χ0n) is 11.2. The van der Waals surface area contributed by atoms with Crippen molar-refractivity contribution in [1.82, 2.24) is 5.32 Å². The molecule has 2 rings (SSSR count). The van der Waals surface area contributed by atoms with Gasteiger partial charge in [-0.3, -0.25) is 0 Å². The fourth-order valence-corrected chi connectivity index (χ4v) is 3.70. The van der Waals surface area contributed by atoms with E-state index in [1.807, 2.05) is 0 Å². The summed E-state index contributed by atoms with van der Waals surface area (Å²) in [6.45, 7) is 11.4. The highest BCUT2D eigenvalue weighted by Gasteiger charge is 2.51. The second-order valence-corrected chi connectivity index (χ2v) is 7.13. The lowest BCUT2D eigenvalue weighted by Crippen LogP contribution is -2.48. The van der Waals surface area contributed by atoms with E-state index in [9.17, 15) is 5.11 Å². The van der Waals surface area contributed by atoms with Gasteiger partial charge in [0.2, 0.25) is 0 Å². The minimum atomic E-state index is -0.0869. The Balaban J connectivity index is 2.18. The molecule has 16 heavy (non-hydrogen) atoms. The standard InChI is InChI=1S/C14H27NO/c1-10-8-15-9-14(10)7-11(13(2,3)4)5-6-12(14)16/h10-12,15-16H,5-9H2,1-4H3. The van der Waals surface area contributed by atoms with E-state index in [0.29, 0.717) is 11.3 Å². The molecule has 1 heterocycles. The number of hydrogen-bond donors (Lipinski definition) is 2. The average Bonchev–Trinajstić information content (AvgIpc) is 2.52. The molecule has 1 saturated heterocycles. The first kappa shape index (κ1) is 12.4. The predicted octanol–water partition coefficient (Wildman–Crippen LogP) is 2.42. The van der Waals surface area contributed by atoms with Gasteiger partial charge < -0.3 is 10.4 Å². The number of hydrogen-bond acceptors (Lipinski definition) is 2. The van der Waals surface area contributed by atoms with E-state index < -0.39 is 0 Å². The molecule has 0 aromatic carbocycles. The maximum absolute atomic E-state index is 10.4. The molecule has 2 heteroatoms. The van der Waals surface area contributed by atoms with Crippen molar-refractivity contribution in [2.45, 2.75) is 53.1 Å². The highest BCUT2D eigenvalue weighted by Crippen LogP contribution is 2.51. The Bertz CT molecular complexity index is 258. The summed E-state index contributed by atoms with van der Waals surface area (Å²) in [5.41, 5.74) is 0.547. The Morgan fingerprint density at radius 3 is 2.44 bits per heavy atom. The monoisotopic (exact) mass is 225 g/mol. The number of aliphatic hydroxyl groups excluding tert-OH is 1. The third kappa shape index (κ3) is 1.91. The van der Waals surface area contributed by atoms with Gasteiger partial charge in [-0.05, 0) is 43.1 Å². The van der Waals surface area contributed by atoms with Gasteiger partial charge in [0.15, 0.2) is 0 Å². The van der Waals surface area contributed by atoms with E-state index in [0.717, 1.165) is 25.4 Å². The van der Waals surface area contributed by atoms with E-state index in [1.54, 1.807) is 0 Å². The third-order valence-corrected chi connectivity index (χ3v) is 5.19. The molecule has 0 bridgehead atoms. The summed E-state index contributed by atoms with van der Waals surface area (Å²) in [6.07, 6.45) is 3.30. The van der Waals surface area contributed by atoms with E-state index in [-0.39, 0.29) is 11.5 Å². The molecule has 0 amide bonds. The van der Waals surface area contributed by atoms with Crippen LogP contribution in [0.5, 0.6) is 0 Å². The van der Waals surface area contributed by atoms with Crippen LogP contribution in [0.2, 0.25) is 0 Å². The SMILES string of the molecule is CC1CNCC12CC(C(C)(C)C)CCC2O. The fraction of sp³-hybridized carbons (Fsp3) is 1.00. The predicted molar refractivity (Wildman–Crippen MR) is 67.3 cm³/mol. The molecule has 4 unspecified atom stereocenters. The van der Waals surface area contributed by atoms with Crippen LogP contribution in [-0.2, 0) is 0 Å². The smallest absolute Gasteiger partial charge is 0.0611 e. The first-order valence-corrected chi connectivity index (χ1v) is 6.75. The first-order valence-electron chi connectivity index (χ1n) is 6.75. The third-order valence-electron chi connectivity index (χ3n) is 5.19. The molecule has 1 aliphatic heterocycles. The zero-order valence-corrected chi connectivity index (χ0v) is 11.2. The second-order valence-electron chi connectivity index (χ2n) is 7.13. The van der Waals surface area contributed by atoms with Crippen LogP contribution in [0.4, 0.5) is 0 Å². The van der Waals surface area contributed by atoms with Gasteiger partial charge in [0.05, 0.1) is 6.10 Å². The minimum absolute atomic E-state index is 0.0869. The lowest BCUT2D eigenvalue weighted by Gasteiger charge is -2.48. The summed E-state index contributed by atoms with van der Waals surface area (Å²) in [4.78, 5) is 0. The average molecular weight is 225 g/mol. The molecule has 0 radical (unpaired) electrons. The van der Waals surface area contributed by atoms with Crippen molar-refractivity contribution in [1.29, 1.82) is 0 Å². The van der Waals surface area contributed by atoms with Crippen molar-refractivity contribution in [2.75, 3.05) is 13.1 Å². The van der Waals surface area contributed by atoms with Crippen LogP contribution in [-0.4, -0.2) is 24.3 Å². The van der Waals surface area contributed by atoms with Crippen LogP contribution in [0.1, 0.15) is 47.0 Å². The topological polar surface area (TPSA) is 32.3 Å². The highest BCUT2D eigenvalue weighted by atomic mass is 16.3. The van der Waals surface area contributed by atoms with Crippen LogP contribution in [0.3, 0.4) is 0 Å². The Labute approximate surface area is 99.8 Å². The molecule has 94 valence electrons. The molecular weight excluding hydrogens is 198 g/mol. The molecule has 2 nitrogen and oxygen atoms in total. The molecule has 2 N–H and O–H groups in total. The van der Waals surface area contributed by atoms with Crippen molar-refractivity contribution in [3.8, 4) is 0 Å². The normalized spacial score (nSPS) is 45.2. The molecule has 2 fully saturated rings. The van der Waals surface area contributed by atoms with E-state index >= 15 is 0 Å². The van der Waals surface area contributed by atoms with Crippen LogP contribution >= 0.6 is 0 Å². The van der Waals surface area contributed by atoms with Gasteiger partial charge in [-0.1, -0.05) is 27.7 Å². The van der Waals surface area contributed by atoms with Gasteiger partial charge in [0.1, 0.15) is 0 Å². The quantitative estimate of drug-likeness (QED) is 0.663. The highest BCUT2D eigenvalue weighted by molar-refractivity contribution is 5.03. The van der Waals surface area contributed by atoms with Crippen LogP contribution in [0, 0.1) is 22.7 Å². The summed E-state index contributed by atoms with van der Waals surface area (Å²) in [6, 6.07) is 0. The van der Waals surface area contributed by atoms with Crippen molar-refractivity contribution in [2.24, 2.45) is 22.7 Å². The summed E-state index contributed by atoms with van der Waals surface area (Å²) in [5.74, 6) is 1.38. The van der Waals surface area contributed by atoms with E-state index in [2.05, 4.69) is 33.0 Å². The molecule has 1 spiro atoms. The lowest BCUT2D eigenvalue weighted by atomic mass is 9.58. The number of nitrogens with one attached hydrogen (secondary N) is 1. The summed E-state index contributed by atoms with van der Waals surface area (Å²) in [5, 5.41) is 13.8. The Morgan fingerprint density at radius 2 is 1.94 bits per heavy atom.